The molecule has 0 radical (unpaired) electrons. The molecule has 31 heavy (non-hydrogen) atoms. The molecule has 3 rings (SSSR count). The van der Waals surface area contributed by atoms with Crippen molar-refractivity contribution >= 4 is 23.1 Å². The number of benzene rings is 2. The number of amides is 2. The van der Waals surface area contributed by atoms with Gasteiger partial charge >= 0.3 is 0 Å². The Kier molecular flexibility index (Phi) is 6.49. The van der Waals surface area contributed by atoms with Crippen LogP contribution in [-0.2, 0) is 9.59 Å². The molecule has 0 aromatic heterocycles. The second-order valence-electron chi connectivity index (χ2n) is 6.50. The quantitative estimate of drug-likeness (QED) is 0.489. The van der Waals surface area contributed by atoms with Gasteiger partial charge in [0.1, 0.15) is 11.4 Å². The van der Waals surface area contributed by atoms with E-state index in [1.54, 1.807) is 36.4 Å². The maximum Gasteiger partial charge on any atom is 0.278 e. The van der Waals surface area contributed by atoms with Gasteiger partial charge in [-0.3, -0.25) is 14.5 Å². The normalized spacial score (nSPS) is 13.4. The Morgan fingerprint density at radius 2 is 1.52 bits per heavy atom. The molecule has 0 fully saturated rings. The van der Waals surface area contributed by atoms with E-state index in [1.165, 1.54) is 34.5 Å². The summed E-state index contributed by atoms with van der Waals surface area (Å²) in [6.45, 7) is 3.72. The summed E-state index contributed by atoms with van der Waals surface area (Å²) in [7, 11) is 6.00. The van der Waals surface area contributed by atoms with Gasteiger partial charge in [0.25, 0.3) is 11.8 Å². The molecule has 0 unspecified atom stereocenters. The van der Waals surface area contributed by atoms with Gasteiger partial charge in [-0.25, -0.2) is 0 Å². The van der Waals surface area contributed by atoms with Gasteiger partial charge in [0.2, 0.25) is 5.75 Å². The molecule has 1 N–H and O–H groups in total. The highest BCUT2D eigenvalue weighted by Crippen LogP contribution is 2.41. The summed E-state index contributed by atoms with van der Waals surface area (Å²) in [6.07, 6.45) is 1.50. The van der Waals surface area contributed by atoms with Gasteiger partial charge in [-0.05, 0) is 6.07 Å². The van der Waals surface area contributed by atoms with Gasteiger partial charge in [-0.15, -0.1) is 6.58 Å². The van der Waals surface area contributed by atoms with Crippen molar-refractivity contribution in [3.8, 4) is 23.0 Å². The van der Waals surface area contributed by atoms with Gasteiger partial charge in [0.05, 0.1) is 34.0 Å². The number of methoxy groups -OCH3 is 4. The third-order valence-electron chi connectivity index (χ3n) is 4.79. The molecular formula is C23H24N2O6. The molecular weight excluding hydrogens is 400 g/mol. The zero-order chi connectivity index (χ0) is 22.5. The van der Waals surface area contributed by atoms with Gasteiger partial charge in [-0.2, -0.15) is 0 Å². The fourth-order valence-corrected chi connectivity index (χ4v) is 3.39. The van der Waals surface area contributed by atoms with E-state index in [2.05, 4.69) is 11.9 Å². The van der Waals surface area contributed by atoms with E-state index in [9.17, 15) is 9.59 Å². The van der Waals surface area contributed by atoms with Crippen LogP contribution in [0, 0.1) is 0 Å². The molecule has 0 spiro atoms. The maximum atomic E-state index is 13.2. The number of ether oxygens (including phenoxy) is 4. The minimum Gasteiger partial charge on any atom is -0.496 e. The molecule has 0 bridgehead atoms. The highest BCUT2D eigenvalue weighted by atomic mass is 16.5. The number of carbonyl (C=O) groups excluding carboxylic acids is 2. The number of imide groups is 1. The van der Waals surface area contributed by atoms with Crippen LogP contribution >= 0.6 is 0 Å². The molecule has 1 heterocycles. The predicted molar refractivity (Wildman–Crippen MR) is 117 cm³/mol. The number of nitrogens with one attached hydrogen (secondary N) is 1. The van der Waals surface area contributed by atoms with Crippen molar-refractivity contribution in [2.24, 2.45) is 0 Å². The fourth-order valence-electron chi connectivity index (χ4n) is 3.39. The van der Waals surface area contributed by atoms with E-state index in [0.717, 1.165) is 4.90 Å². The van der Waals surface area contributed by atoms with E-state index in [1.807, 2.05) is 0 Å². The topological polar surface area (TPSA) is 86.3 Å². The molecule has 0 atom stereocenters. The zero-order valence-corrected chi connectivity index (χ0v) is 17.9. The summed E-state index contributed by atoms with van der Waals surface area (Å²) in [5.41, 5.74) is 1.31. The Balaban J connectivity index is 2.17. The Labute approximate surface area is 180 Å². The van der Waals surface area contributed by atoms with Crippen LogP contribution in [-0.4, -0.2) is 51.7 Å². The summed E-state index contributed by atoms with van der Waals surface area (Å²) in [6, 6.07) is 10.3. The lowest BCUT2D eigenvalue weighted by atomic mass is 10.0. The fraction of sp³-hybridized carbons (Fsp3) is 0.217. The Bertz CT molecular complexity index is 1030. The van der Waals surface area contributed by atoms with Crippen molar-refractivity contribution in [2.45, 2.75) is 0 Å². The maximum absolute atomic E-state index is 13.2. The Morgan fingerprint density at radius 3 is 2.06 bits per heavy atom. The van der Waals surface area contributed by atoms with Crippen molar-refractivity contribution in [2.75, 3.05) is 40.3 Å². The van der Waals surface area contributed by atoms with Crippen LogP contribution in [0.15, 0.2) is 54.8 Å². The highest BCUT2D eigenvalue weighted by Gasteiger charge is 2.39. The molecule has 8 nitrogen and oxygen atoms in total. The SMILES string of the molecule is C=CCN1C(=O)C(Nc2cc(OC)c(OC)c(OC)c2)=C(c2ccccc2OC)C1=O. The third-order valence-corrected chi connectivity index (χ3v) is 4.79. The minimum atomic E-state index is -0.473. The zero-order valence-electron chi connectivity index (χ0n) is 17.9. The van der Waals surface area contributed by atoms with Crippen molar-refractivity contribution in [3.63, 3.8) is 0 Å². The lowest BCUT2D eigenvalue weighted by Crippen LogP contribution is -2.32. The molecule has 0 saturated carbocycles. The van der Waals surface area contributed by atoms with Crippen molar-refractivity contribution in [1.29, 1.82) is 0 Å². The van der Waals surface area contributed by atoms with Crippen LogP contribution < -0.4 is 24.3 Å². The highest BCUT2D eigenvalue weighted by molar-refractivity contribution is 6.37. The first-order chi connectivity index (χ1) is 15.0. The molecule has 1 aliphatic rings. The van der Waals surface area contributed by atoms with Gasteiger partial charge in [0, 0.05) is 29.9 Å². The first-order valence-corrected chi connectivity index (χ1v) is 9.42. The first-order valence-electron chi connectivity index (χ1n) is 9.42. The minimum absolute atomic E-state index is 0.0801. The Hall–Kier alpha value is -3.94. The molecule has 2 amide bonds. The molecule has 2 aromatic carbocycles. The largest absolute Gasteiger partial charge is 0.496 e. The summed E-state index contributed by atoms with van der Waals surface area (Å²) in [4.78, 5) is 27.4. The standard InChI is InChI=1S/C23H24N2O6/c1-6-11-25-22(26)19(15-9-7-8-10-16(15)28-2)20(23(25)27)24-14-12-17(29-3)21(31-5)18(13-14)30-4/h6-10,12-13,24H,1,11H2,2-5H3. The lowest BCUT2D eigenvalue weighted by Gasteiger charge is -2.16. The van der Waals surface area contributed by atoms with Gasteiger partial charge < -0.3 is 24.3 Å². The molecule has 0 saturated heterocycles. The van der Waals surface area contributed by atoms with Crippen LogP contribution in [0.1, 0.15) is 5.56 Å². The number of carbonyl (C=O) groups is 2. The van der Waals surface area contributed by atoms with E-state index >= 15 is 0 Å². The lowest BCUT2D eigenvalue weighted by molar-refractivity contribution is -0.136. The van der Waals surface area contributed by atoms with E-state index in [4.69, 9.17) is 18.9 Å². The first kappa shape index (κ1) is 21.8. The van der Waals surface area contributed by atoms with Crippen LogP contribution in [0.25, 0.3) is 5.57 Å². The van der Waals surface area contributed by atoms with Crippen molar-refractivity contribution < 1.29 is 28.5 Å². The van der Waals surface area contributed by atoms with E-state index in [0.29, 0.717) is 34.2 Å². The summed E-state index contributed by atoms with van der Waals surface area (Å²) < 4.78 is 21.5. The number of anilines is 1. The number of rotatable bonds is 9. The average molecular weight is 424 g/mol. The molecule has 0 aliphatic carbocycles. The molecule has 2 aromatic rings. The predicted octanol–water partition coefficient (Wildman–Crippen LogP) is 3.10. The molecule has 1 aliphatic heterocycles. The van der Waals surface area contributed by atoms with E-state index in [-0.39, 0.29) is 17.8 Å². The Morgan fingerprint density at radius 1 is 0.903 bits per heavy atom. The molecule has 162 valence electrons. The van der Waals surface area contributed by atoms with Crippen LogP contribution in [0.3, 0.4) is 0 Å². The summed E-state index contributed by atoms with van der Waals surface area (Å²) in [5, 5.41) is 3.07. The monoisotopic (exact) mass is 424 g/mol. The summed E-state index contributed by atoms with van der Waals surface area (Å²) in [5.74, 6) is 0.788. The van der Waals surface area contributed by atoms with Crippen LogP contribution in [0.5, 0.6) is 23.0 Å². The summed E-state index contributed by atoms with van der Waals surface area (Å²) >= 11 is 0. The van der Waals surface area contributed by atoms with Crippen LogP contribution in [0.4, 0.5) is 5.69 Å². The third kappa shape index (κ3) is 3.92. The smallest absolute Gasteiger partial charge is 0.278 e. The number of nitrogens with zero attached hydrogens (tertiary/aromatic N) is 1. The van der Waals surface area contributed by atoms with Crippen molar-refractivity contribution in [3.05, 3.63) is 60.3 Å². The van der Waals surface area contributed by atoms with Gasteiger partial charge in [-0.1, -0.05) is 24.3 Å². The van der Waals surface area contributed by atoms with Crippen molar-refractivity contribution in [1.82, 2.24) is 4.90 Å². The molecule has 8 heteroatoms. The number of para-hydroxylation sites is 1. The van der Waals surface area contributed by atoms with E-state index < -0.39 is 11.8 Å². The number of hydrogen-bond acceptors (Lipinski definition) is 7. The average Bonchev–Trinajstić information content (AvgIpc) is 3.02. The van der Waals surface area contributed by atoms with Gasteiger partial charge in [0.15, 0.2) is 11.5 Å². The second-order valence-corrected chi connectivity index (χ2v) is 6.50. The van der Waals surface area contributed by atoms with Crippen LogP contribution in [0.2, 0.25) is 0 Å². The second kappa shape index (κ2) is 9.25. The number of hydrogen-bond donors (Lipinski definition) is 1.